The van der Waals surface area contributed by atoms with Crippen LogP contribution in [0.15, 0.2) is 24.3 Å². The number of ether oxygens (including phenoxy) is 1. The van der Waals surface area contributed by atoms with Crippen LogP contribution >= 0.6 is 0 Å². The minimum atomic E-state index is -0.576. The van der Waals surface area contributed by atoms with E-state index in [0.29, 0.717) is 56.9 Å². The molecule has 2 N–H and O–H groups in total. The molecule has 4 aliphatic rings. The van der Waals surface area contributed by atoms with Crippen LogP contribution in [0.5, 0.6) is 5.75 Å². The molecule has 1 atom stereocenters. The average Bonchev–Trinajstić information content (AvgIpc) is 3.28. The van der Waals surface area contributed by atoms with Gasteiger partial charge in [-0.05, 0) is 37.8 Å². The van der Waals surface area contributed by atoms with Gasteiger partial charge in [0.2, 0.25) is 11.8 Å². The van der Waals surface area contributed by atoms with Gasteiger partial charge in [0, 0.05) is 45.1 Å². The van der Waals surface area contributed by atoms with Crippen LogP contribution in [0.2, 0.25) is 0 Å². The molecule has 2 saturated heterocycles. The van der Waals surface area contributed by atoms with E-state index in [1.807, 2.05) is 34.1 Å². The van der Waals surface area contributed by atoms with Crippen molar-refractivity contribution in [1.82, 2.24) is 15.1 Å². The number of urea groups is 1. The molecule has 8 heteroatoms. The van der Waals surface area contributed by atoms with Crippen LogP contribution in [0.4, 0.5) is 10.5 Å². The lowest BCUT2D eigenvalue weighted by molar-refractivity contribution is -0.141. The summed E-state index contributed by atoms with van der Waals surface area (Å²) >= 11 is 0. The van der Waals surface area contributed by atoms with Gasteiger partial charge in [-0.25, -0.2) is 4.79 Å². The fourth-order valence-electron chi connectivity index (χ4n) is 5.79. The van der Waals surface area contributed by atoms with Gasteiger partial charge in [0.15, 0.2) is 0 Å². The van der Waals surface area contributed by atoms with E-state index < -0.39 is 5.60 Å². The van der Waals surface area contributed by atoms with Crippen molar-refractivity contribution in [3.05, 3.63) is 24.3 Å². The Bertz CT molecular complexity index is 905. The molecular formula is C25H34N4O4. The lowest BCUT2D eigenvalue weighted by Crippen LogP contribution is -2.54. The number of likely N-dealkylation sites (tertiary alicyclic amines) is 2. The molecule has 1 saturated carbocycles. The Balaban J connectivity index is 1.18. The quantitative estimate of drug-likeness (QED) is 0.718. The second kappa shape index (κ2) is 9.23. The highest BCUT2D eigenvalue weighted by molar-refractivity contribution is 5.93. The van der Waals surface area contributed by atoms with Crippen LogP contribution in [0.3, 0.4) is 0 Å². The summed E-state index contributed by atoms with van der Waals surface area (Å²) in [5.74, 6) is 0.623. The number of anilines is 1. The summed E-state index contributed by atoms with van der Waals surface area (Å²) in [6, 6.07) is 7.78. The van der Waals surface area contributed by atoms with Crippen molar-refractivity contribution in [1.29, 1.82) is 0 Å². The van der Waals surface area contributed by atoms with Gasteiger partial charge in [-0.2, -0.15) is 0 Å². The maximum atomic E-state index is 13.3. The van der Waals surface area contributed by atoms with Gasteiger partial charge in [-0.15, -0.1) is 0 Å². The number of nitrogens with one attached hydrogen (secondary N) is 2. The van der Waals surface area contributed by atoms with Gasteiger partial charge in [0.25, 0.3) is 0 Å². The molecule has 0 radical (unpaired) electrons. The number of hydrogen-bond acceptors (Lipinski definition) is 4. The third-order valence-corrected chi connectivity index (χ3v) is 7.70. The number of nitrogens with zero attached hydrogens (tertiary/aromatic N) is 2. The van der Waals surface area contributed by atoms with Gasteiger partial charge in [-0.1, -0.05) is 25.0 Å². The molecule has 1 spiro atoms. The first-order valence-corrected chi connectivity index (χ1v) is 12.4. The van der Waals surface area contributed by atoms with E-state index in [1.54, 1.807) is 0 Å². The number of para-hydroxylation sites is 2. The lowest BCUT2D eigenvalue weighted by Gasteiger charge is -2.42. The summed E-state index contributed by atoms with van der Waals surface area (Å²) in [6.45, 7) is 2.34. The topological polar surface area (TPSA) is 91.0 Å². The first-order valence-electron chi connectivity index (χ1n) is 12.4. The number of benzene rings is 1. The van der Waals surface area contributed by atoms with Gasteiger partial charge >= 0.3 is 6.03 Å². The maximum absolute atomic E-state index is 13.3. The van der Waals surface area contributed by atoms with Crippen LogP contribution in [-0.2, 0) is 9.59 Å². The van der Waals surface area contributed by atoms with Crippen molar-refractivity contribution in [2.45, 2.75) is 69.4 Å². The average molecular weight is 455 g/mol. The number of fused-ring (bicyclic) bond motifs is 1. The molecule has 3 heterocycles. The second-order valence-corrected chi connectivity index (χ2v) is 10.0. The van der Waals surface area contributed by atoms with Gasteiger partial charge in [0.1, 0.15) is 11.4 Å². The van der Waals surface area contributed by atoms with Crippen LogP contribution in [-0.4, -0.2) is 65.5 Å². The number of piperidine rings is 2. The van der Waals surface area contributed by atoms with Gasteiger partial charge < -0.3 is 25.2 Å². The standard InChI is InChI=1S/C25H34N4O4/c30-22-16-25(33-21-10-4-3-9-20(21)27-22)11-14-28(15-12-25)23(31)18-6-5-13-29(17-18)24(32)26-19-7-1-2-8-19/h3-4,9-10,18-19H,1-2,5-8,11-17H2,(H,26,32)(H,27,30). The van der Waals surface area contributed by atoms with E-state index in [4.69, 9.17) is 4.74 Å². The van der Waals surface area contributed by atoms with Crippen LogP contribution in [0.25, 0.3) is 0 Å². The first kappa shape index (κ1) is 22.0. The minimum absolute atomic E-state index is 0.0199. The van der Waals surface area contributed by atoms with Crippen LogP contribution < -0.4 is 15.4 Å². The number of carbonyl (C=O) groups excluding carboxylic acids is 3. The zero-order valence-electron chi connectivity index (χ0n) is 19.2. The summed E-state index contributed by atoms with van der Waals surface area (Å²) in [5, 5.41) is 6.09. The molecule has 1 aliphatic carbocycles. The van der Waals surface area contributed by atoms with E-state index in [-0.39, 0.29) is 29.8 Å². The maximum Gasteiger partial charge on any atom is 0.317 e. The summed E-state index contributed by atoms with van der Waals surface area (Å²) in [5.41, 5.74) is 0.129. The van der Waals surface area contributed by atoms with Crippen molar-refractivity contribution < 1.29 is 19.1 Å². The summed E-state index contributed by atoms with van der Waals surface area (Å²) in [4.78, 5) is 42.2. The minimum Gasteiger partial charge on any atom is -0.484 e. The molecule has 1 unspecified atom stereocenters. The van der Waals surface area contributed by atoms with E-state index in [1.165, 1.54) is 12.8 Å². The number of hydrogen-bond donors (Lipinski definition) is 2. The molecular weight excluding hydrogens is 420 g/mol. The van der Waals surface area contributed by atoms with Gasteiger partial charge in [-0.3, -0.25) is 9.59 Å². The summed E-state index contributed by atoms with van der Waals surface area (Å²) < 4.78 is 6.36. The predicted molar refractivity (Wildman–Crippen MR) is 124 cm³/mol. The van der Waals surface area contributed by atoms with Crippen molar-refractivity contribution in [2.24, 2.45) is 5.92 Å². The smallest absolute Gasteiger partial charge is 0.317 e. The van der Waals surface area contributed by atoms with Crippen molar-refractivity contribution in [2.75, 3.05) is 31.5 Å². The fourth-order valence-corrected chi connectivity index (χ4v) is 5.79. The van der Waals surface area contributed by atoms with Crippen molar-refractivity contribution in [3.8, 4) is 5.75 Å². The second-order valence-electron chi connectivity index (χ2n) is 10.0. The van der Waals surface area contributed by atoms with Crippen LogP contribution in [0.1, 0.15) is 57.8 Å². The SMILES string of the molecule is O=C1CC2(CCN(C(=O)C3CCCN(C(=O)NC4CCCC4)C3)CC2)Oc2ccccc2N1. The van der Waals surface area contributed by atoms with Crippen molar-refractivity contribution in [3.63, 3.8) is 0 Å². The fraction of sp³-hybridized carbons (Fsp3) is 0.640. The van der Waals surface area contributed by atoms with E-state index in [0.717, 1.165) is 25.7 Å². The monoisotopic (exact) mass is 454 g/mol. The van der Waals surface area contributed by atoms with Crippen molar-refractivity contribution >= 4 is 23.5 Å². The van der Waals surface area contributed by atoms with Crippen LogP contribution in [0, 0.1) is 5.92 Å². The number of rotatable bonds is 2. The Morgan fingerprint density at radius 1 is 1.00 bits per heavy atom. The molecule has 0 aromatic heterocycles. The zero-order chi connectivity index (χ0) is 22.8. The third kappa shape index (κ3) is 4.80. The highest BCUT2D eigenvalue weighted by atomic mass is 16.5. The molecule has 1 aromatic rings. The molecule has 1 aromatic carbocycles. The molecule has 8 nitrogen and oxygen atoms in total. The Morgan fingerprint density at radius 3 is 2.55 bits per heavy atom. The third-order valence-electron chi connectivity index (χ3n) is 7.70. The molecule has 178 valence electrons. The van der Waals surface area contributed by atoms with Gasteiger partial charge in [0.05, 0.1) is 18.0 Å². The molecule has 3 fully saturated rings. The number of amides is 4. The Labute approximate surface area is 195 Å². The normalized spacial score (nSPS) is 25.1. The largest absolute Gasteiger partial charge is 0.484 e. The first-order chi connectivity index (χ1) is 16.0. The highest BCUT2D eigenvalue weighted by Gasteiger charge is 2.43. The molecule has 0 bridgehead atoms. The predicted octanol–water partition coefficient (Wildman–Crippen LogP) is 3.13. The lowest BCUT2D eigenvalue weighted by atomic mass is 9.86. The molecule has 33 heavy (non-hydrogen) atoms. The van der Waals surface area contributed by atoms with E-state index in [9.17, 15) is 14.4 Å². The highest BCUT2D eigenvalue weighted by Crippen LogP contribution is 2.38. The Kier molecular flexibility index (Phi) is 6.17. The summed E-state index contributed by atoms with van der Waals surface area (Å²) in [6.07, 6.45) is 7.69. The van der Waals surface area contributed by atoms with E-state index >= 15 is 0 Å². The van der Waals surface area contributed by atoms with E-state index in [2.05, 4.69) is 10.6 Å². The zero-order valence-corrected chi connectivity index (χ0v) is 19.2. The molecule has 5 rings (SSSR count). The molecule has 4 amide bonds. The Morgan fingerprint density at radius 2 is 1.76 bits per heavy atom. The molecule has 3 aliphatic heterocycles. The Hall–Kier alpha value is -2.77. The summed E-state index contributed by atoms with van der Waals surface area (Å²) in [7, 11) is 0. The number of carbonyl (C=O) groups is 3.